The van der Waals surface area contributed by atoms with E-state index in [0.717, 1.165) is 17.7 Å². The van der Waals surface area contributed by atoms with E-state index in [2.05, 4.69) is 10.0 Å². The van der Waals surface area contributed by atoms with Gasteiger partial charge in [0, 0.05) is 12.2 Å². The molecule has 0 spiro atoms. The molecule has 0 saturated heterocycles. The molecule has 0 heterocycles. The van der Waals surface area contributed by atoms with E-state index in [-0.39, 0.29) is 39.6 Å². The fraction of sp³-hybridized carbons (Fsp3) is 0.174. The summed E-state index contributed by atoms with van der Waals surface area (Å²) < 4.78 is 54.1. The highest BCUT2D eigenvalue weighted by Crippen LogP contribution is 2.24. The predicted molar refractivity (Wildman–Crippen MR) is 124 cm³/mol. The third-order valence-corrected chi connectivity index (χ3v) is 6.63. The van der Waals surface area contributed by atoms with Crippen LogP contribution in [0.1, 0.15) is 22.0 Å². The first-order valence-corrected chi connectivity index (χ1v) is 11.7. The second-order valence-corrected chi connectivity index (χ2v) is 9.58. The second-order valence-electron chi connectivity index (χ2n) is 7.50. The SMILES string of the molecule is CN(C)C(CNC(=O)c1cc(S(=O)(=O)Nc2ccc(F)cc2)ccc1Cl)c1ccc(F)cc1. The number of carbonyl (C=O) groups excluding carboxylic acids is 1. The molecule has 0 aliphatic carbocycles. The number of halogens is 3. The van der Waals surface area contributed by atoms with Crippen LogP contribution in [0.25, 0.3) is 0 Å². The molecule has 0 radical (unpaired) electrons. The Morgan fingerprint density at radius 3 is 2.12 bits per heavy atom. The molecular weight excluding hydrogens is 472 g/mol. The number of amides is 1. The largest absolute Gasteiger partial charge is 0.350 e. The Morgan fingerprint density at radius 1 is 0.970 bits per heavy atom. The van der Waals surface area contributed by atoms with Crippen molar-refractivity contribution in [3.8, 4) is 0 Å². The van der Waals surface area contributed by atoms with E-state index in [1.807, 2.05) is 19.0 Å². The lowest BCUT2D eigenvalue weighted by molar-refractivity contribution is 0.0942. The Bertz CT molecular complexity index is 1230. The van der Waals surface area contributed by atoms with Gasteiger partial charge in [-0.05, 0) is 74.3 Å². The average molecular weight is 494 g/mol. The molecule has 1 unspecified atom stereocenters. The number of hydrogen-bond acceptors (Lipinski definition) is 4. The molecule has 2 N–H and O–H groups in total. The van der Waals surface area contributed by atoms with E-state index < -0.39 is 21.7 Å². The minimum atomic E-state index is -4.05. The van der Waals surface area contributed by atoms with Gasteiger partial charge in [0.1, 0.15) is 11.6 Å². The topological polar surface area (TPSA) is 78.5 Å². The number of sulfonamides is 1. The molecule has 0 saturated carbocycles. The van der Waals surface area contributed by atoms with Crippen molar-refractivity contribution in [1.82, 2.24) is 10.2 Å². The van der Waals surface area contributed by atoms with Crippen molar-refractivity contribution in [1.29, 1.82) is 0 Å². The zero-order valence-electron chi connectivity index (χ0n) is 17.8. The van der Waals surface area contributed by atoms with Gasteiger partial charge in [0.15, 0.2) is 0 Å². The van der Waals surface area contributed by atoms with Gasteiger partial charge in [0.05, 0.1) is 21.5 Å². The minimum absolute atomic E-state index is 0.0183. The number of hydrogen-bond donors (Lipinski definition) is 2. The first kappa shape index (κ1) is 24.6. The lowest BCUT2D eigenvalue weighted by atomic mass is 10.1. The number of anilines is 1. The van der Waals surface area contributed by atoms with Crippen LogP contribution in [-0.2, 0) is 10.0 Å². The summed E-state index contributed by atoms with van der Waals surface area (Å²) in [6.45, 7) is 0.179. The maximum absolute atomic E-state index is 13.3. The van der Waals surface area contributed by atoms with Gasteiger partial charge in [0.25, 0.3) is 15.9 Å². The summed E-state index contributed by atoms with van der Waals surface area (Å²) >= 11 is 6.16. The van der Waals surface area contributed by atoms with Gasteiger partial charge in [-0.25, -0.2) is 17.2 Å². The summed E-state index contributed by atoms with van der Waals surface area (Å²) in [7, 11) is -0.404. The smallest absolute Gasteiger partial charge is 0.261 e. The monoisotopic (exact) mass is 493 g/mol. The van der Waals surface area contributed by atoms with Crippen LogP contribution in [0, 0.1) is 11.6 Å². The van der Waals surface area contributed by atoms with Gasteiger partial charge in [-0.2, -0.15) is 0 Å². The molecule has 6 nitrogen and oxygen atoms in total. The Balaban J connectivity index is 1.78. The highest BCUT2D eigenvalue weighted by Gasteiger charge is 2.21. The molecule has 0 aliphatic heterocycles. The number of nitrogens with one attached hydrogen (secondary N) is 2. The number of rotatable bonds is 8. The lowest BCUT2D eigenvalue weighted by Gasteiger charge is -2.25. The molecule has 3 aromatic rings. The number of carbonyl (C=O) groups is 1. The Kier molecular flexibility index (Phi) is 7.68. The summed E-state index contributed by atoms with van der Waals surface area (Å²) in [5.74, 6) is -1.42. The van der Waals surface area contributed by atoms with Crippen molar-refractivity contribution < 1.29 is 22.0 Å². The molecular formula is C23H22ClF2N3O3S. The molecule has 0 aliphatic rings. The summed E-state index contributed by atoms with van der Waals surface area (Å²) in [6.07, 6.45) is 0. The molecule has 3 aromatic carbocycles. The van der Waals surface area contributed by atoms with Crippen LogP contribution in [0.2, 0.25) is 5.02 Å². The van der Waals surface area contributed by atoms with Gasteiger partial charge in [-0.3, -0.25) is 9.52 Å². The zero-order valence-corrected chi connectivity index (χ0v) is 19.4. The fourth-order valence-electron chi connectivity index (χ4n) is 3.15. The van der Waals surface area contributed by atoms with E-state index in [4.69, 9.17) is 11.6 Å². The number of nitrogens with zero attached hydrogens (tertiary/aromatic N) is 1. The van der Waals surface area contributed by atoms with Crippen molar-refractivity contribution in [2.24, 2.45) is 0 Å². The van der Waals surface area contributed by atoms with Crippen LogP contribution in [0.15, 0.2) is 71.6 Å². The number of benzene rings is 3. The van der Waals surface area contributed by atoms with Gasteiger partial charge >= 0.3 is 0 Å². The van der Waals surface area contributed by atoms with Crippen LogP contribution in [0.3, 0.4) is 0 Å². The molecule has 33 heavy (non-hydrogen) atoms. The summed E-state index contributed by atoms with van der Waals surface area (Å²) in [5, 5.41) is 2.83. The van der Waals surface area contributed by atoms with E-state index in [1.165, 1.54) is 42.5 Å². The van der Waals surface area contributed by atoms with Gasteiger partial charge < -0.3 is 10.2 Å². The molecule has 1 amide bonds. The molecule has 0 aromatic heterocycles. The van der Waals surface area contributed by atoms with Crippen LogP contribution in [0.4, 0.5) is 14.5 Å². The Hall–Kier alpha value is -3.01. The normalized spacial score (nSPS) is 12.4. The van der Waals surface area contributed by atoms with Crippen molar-refractivity contribution in [2.45, 2.75) is 10.9 Å². The first-order chi connectivity index (χ1) is 15.6. The Morgan fingerprint density at radius 2 is 1.55 bits per heavy atom. The van der Waals surface area contributed by atoms with E-state index in [0.29, 0.717) is 0 Å². The van der Waals surface area contributed by atoms with E-state index in [9.17, 15) is 22.0 Å². The maximum Gasteiger partial charge on any atom is 0.261 e. The number of likely N-dealkylation sites (N-methyl/N-ethyl adjacent to an activating group) is 1. The first-order valence-electron chi connectivity index (χ1n) is 9.85. The quantitative estimate of drug-likeness (QED) is 0.486. The van der Waals surface area contributed by atoms with Gasteiger partial charge in [0.2, 0.25) is 0 Å². The zero-order chi connectivity index (χ0) is 24.2. The molecule has 0 fully saturated rings. The van der Waals surface area contributed by atoms with Crippen LogP contribution in [-0.4, -0.2) is 39.9 Å². The molecule has 0 bridgehead atoms. The van der Waals surface area contributed by atoms with Crippen LogP contribution >= 0.6 is 11.6 Å². The molecule has 10 heteroatoms. The van der Waals surface area contributed by atoms with Crippen LogP contribution in [0.5, 0.6) is 0 Å². The average Bonchev–Trinajstić information content (AvgIpc) is 2.76. The Labute approximate surface area is 196 Å². The van der Waals surface area contributed by atoms with Crippen molar-refractivity contribution >= 4 is 33.2 Å². The fourth-order valence-corrected chi connectivity index (χ4v) is 4.43. The standard InChI is InChI=1S/C23H22ClF2N3O3S/c1-29(2)22(15-3-5-16(25)6-4-15)14-27-23(30)20-13-19(11-12-21(20)24)33(31,32)28-18-9-7-17(26)8-10-18/h3-13,22,28H,14H2,1-2H3,(H,27,30). The second kappa shape index (κ2) is 10.3. The summed E-state index contributed by atoms with van der Waals surface area (Å²) in [6, 6.07) is 14.3. The molecule has 3 rings (SSSR count). The van der Waals surface area contributed by atoms with E-state index in [1.54, 1.807) is 12.1 Å². The summed E-state index contributed by atoms with van der Waals surface area (Å²) in [4.78, 5) is 14.5. The van der Waals surface area contributed by atoms with Crippen molar-refractivity contribution in [3.63, 3.8) is 0 Å². The van der Waals surface area contributed by atoms with Crippen molar-refractivity contribution in [2.75, 3.05) is 25.4 Å². The summed E-state index contributed by atoms with van der Waals surface area (Å²) in [5.41, 5.74) is 0.952. The van der Waals surface area contributed by atoms with Crippen molar-refractivity contribution in [3.05, 3.63) is 94.5 Å². The highest BCUT2D eigenvalue weighted by atomic mass is 35.5. The lowest BCUT2D eigenvalue weighted by Crippen LogP contribution is -2.34. The maximum atomic E-state index is 13.3. The minimum Gasteiger partial charge on any atom is -0.350 e. The van der Waals surface area contributed by atoms with Gasteiger partial charge in [-0.1, -0.05) is 23.7 Å². The molecule has 1 atom stereocenters. The highest BCUT2D eigenvalue weighted by molar-refractivity contribution is 7.92. The molecule has 174 valence electrons. The van der Waals surface area contributed by atoms with E-state index >= 15 is 0 Å². The third kappa shape index (κ3) is 6.28. The third-order valence-electron chi connectivity index (χ3n) is 4.92. The predicted octanol–water partition coefficient (Wildman–Crippen LogP) is 4.45. The van der Waals surface area contributed by atoms with Gasteiger partial charge in [-0.15, -0.1) is 0 Å². The van der Waals surface area contributed by atoms with Crippen LogP contribution < -0.4 is 10.0 Å².